The molecule has 7 heteroatoms. The van der Waals surface area contributed by atoms with Gasteiger partial charge in [0, 0.05) is 6.07 Å². The van der Waals surface area contributed by atoms with Crippen LogP contribution < -0.4 is 4.72 Å². The van der Waals surface area contributed by atoms with Crippen LogP contribution in [0.1, 0.15) is 0 Å². The number of sulfonamides is 1. The molecule has 77 valence electrons. The van der Waals surface area contributed by atoms with Gasteiger partial charge in [0.1, 0.15) is 0 Å². The second-order valence-corrected chi connectivity index (χ2v) is 4.00. The van der Waals surface area contributed by atoms with E-state index in [-0.39, 0.29) is 5.69 Å². The normalized spacial score (nSPS) is 12.5. The van der Waals surface area contributed by atoms with E-state index in [0.717, 1.165) is 0 Å². The fourth-order valence-corrected chi connectivity index (χ4v) is 1.19. The number of anilines is 1. The lowest BCUT2D eigenvalue weighted by Crippen LogP contribution is -2.29. The topological polar surface area (TPSA) is 46.2 Å². The Morgan fingerprint density at radius 3 is 2.36 bits per heavy atom. The summed E-state index contributed by atoms with van der Waals surface area (Å²) in [5.41, 5.74) is -5.55. The number of para-hydroxylation sites is 1. The van der Waals surface area contributed by atoms with E-state index in [0.29, 0.717) is 0 Å². The first-order chi connectivity index (χ1) is 6.33. The summed E-state index contributed by atoms with van der Waals surface area (Å²) < 4.78 is 58.0. The van der Waals surface area contributed by atoms with Gasteiger partial charge in [-0.3, -0.25) is 4.72 Å². The lowest BCUT2D eigenvalue weighted by Gasteiger charge is -2.09. The summed E-state index contributed by atoms with van der Waals surface area (Å²) in [5, 5.41) is 0. The number of hydrogen-bond donors (Lipinski definition) is 1. The van der Waals surface area contributed by atoms with Gasteiger partial charge >= 0.3 is 15.5 Å². The minimum atomic E-state index is -5.33. The minimum absolute atomic E-state index is 0.246. The molecule has 1 radical (unpaired) electrons. The van der Waals surface area contributed by atoms with Gasteiger partial charge in [0.15, 0.2) is 0 Å². The quantitative estimate of drug-likeness (QED) is 0.831. The highest BCUT2D eigenvalue weighted by Gasteiger charge is 2.45. The second-order valence-electron chi connectivity index (χ2n) is 2.33. The van der Waals surface area contributed by atoms with E-state index in [4.69, 9.17) is 0 Å². The molecule has 0 fully saturated rings. The molecule has 1 N–H and O–H groups in total. The zero-order chi connectivity index (χ0) is 10.8. The van der Waals surface area contributed by atoms with Gasteiger partial charge in [-0.05, 0) is 6.07 Å². The first-order valence-corrected chi connectivity index (χ1v) is 4.87. The number of benzene rings is 1. The number of alkyl halides is 3. The molecule has 1 aromatic carbocycles. The summed E-state index contributed by atoms with van der Waals surface area (Å²) in [4.78, 5) is 0. The van der Waals surface area contributed by atoms with Crippen molar-refractivity contribution in [2.24, 2.45) is 0 Å². The molecule has 0 saturated carbocycles. The van der Waals surface area contributed by atoms with Crippen LogP contribution in [0.3, 0.4) is 0 Å². The van der Waals surface area contributed by atoms with Crippen LogP contribution >= 0.6 is 0 Å². The zero-order valence-electron chi connectivity index (χ0n) is 6.67. The van der Waals surface area contributed by atoms with Crippen LogP contribution in [0.25, 0.3) is 0 Å². The highest BCUT2D eigenvalue weighted by Crippen LogP contribution is 2.24. The monoisotopic (exact) mass is 224 g/mol. The highest BCUT2D eigenvalue weighted by atomic mass is 32.2. The maximum atomic E-state index is 11.9. The van der Waals surface area contributed by atoms with Crippen molar-refractivity contribution in [3.8, 4) is 0 Å². The lowest BCUT2D eigenvalue weighted by atomic mass is 10.3. The van der Waals surface area contributed by atoms with E-state index in [1.165, 1.54) is 29.0 Å². The Hall–Kier alpha value is -1.24. The molecule has 14 heavy (non-hydrogen) atoms. The molecule has 0 heterocycles. The Balaban J connectivity index is 2.91. The Labute approximate surface area is 78.6 Å². The van der Waals surface area contributed by atoms with E-state index in [2.05, 4.69) is 6.07 Å². The predicted octanol–water partition coefficient (Wildman–Crippen LogP) is 1.75. The van der Waals surface area contributed by atoms with Crippen molar-refractivity contribution in [3.05, 3.63) is 30.3 Å². The molecule has 0 unspecified atom stereocenters. The molecule has 1 aromatic rings. The van der Waals surface area contributed by atoms with Gasteiger partial charge in [0.25, 0.3) is 0 Å². The molecule has 0 atom stereocenters. The maximum absolute atomic E-state index is 11.9. The van der Waals surface area contributed by atoms with Gasteiger partial charge in [-0.2, -0.15) is 21.6 Å². The number of nitrogens with one attached hydrogen (secondary N) is 1. The molecule has 0 bridgehead atoms. The van der Waals surface area contributed by atoms with Crippen molar-refractivity contribution in [2.45, 2.75) is 5.51 Å². The van der Waals surface area contributed by atoms with Crippen molar-refractivity contribution in [1.82, 2.24) is 0 Å². The molecule has 1 rings (SSSR count). The minimum Gasteiger partial charge on any atom is -0.275 e. The van der Waals surface area contributed by atoms with E-state index in [1.807, 2.05) is 0 Å². The van der Waals surface area contributed by atoms with Gasteiger partial charge in [0.05, 0.1) is 5.69 Å². The number of hydrogen-bond acceptors (Lipinski definition) is 2. The summed E-state index contributed by atoms with van der Waals surface area (Å²) >= 11 is 0. The third-order valence-corrected chi connectivity index (χ3v) is 2.36. The van der Waals surface area contributed by atoms with Crippen molar-refractivity contribution >= 4 is 15.7 Å². The van der Waals surface area contributed by atoms with Crippen LogP contribution in [0, 0.1) is 6.07 Å². The van der Waals surface area contributed by atoms with Crippen molar-refractivity contribution in [1.29, 1.82) is 0 Å². The molecule has 0 aliphatic heterocycles. The average molecular weight is 224 g/mol. The smallest absolute Gasteiger partial charge is 0.275 e. The van der Waals surface area contributed by atoms with Crippen LogP contribution in [0.5, 0.6) is 0 Å². The van der Waals surface area contributed by atoms with Gasteiger partial charge in [-0.15, -0.1) is 0 Å². The fraction of sp³-hybridized carbons (Fsp3) is 0.143. The largest absolute Gasteiger partial charge is 0.516 e. The van der Waals surface area contributed by atoms with Crippen molar-refractivity contribution in [3.63, 3.8) is 0 Å². The van der Waals surface area contributed by atoms with Crippen molar-refractivity contribution < 1.29 is 21.6 Å². The van der Waals surface area contributed by atoms with Gasteiger partial charge in [-0.1, -0.05) is 18.2 Å². The summed E-state index contributed by atoms with van der Waals surface area (Å²) in [6.45, 7) is 0. The Morgan fingerprint density at radius 1 is 1.29 bits per heavy atom. The van der Waals surface area contributed by atoms with E-state index in [9.17, 15) is 21.6 Å². The summed E-state index contributed by atoms with van der Waals surface area (Å²) in [7, 11) is -5.33. The summed E-state index contributed by atoms with van der Waals surface area (Å²) in [5.74, 6) is 0. The third kappa shape index (κ3) is 2.38. The second kappa shape index (κ2) is 3.49. The van der Waals surface area contributed by atoms with Crippen molar-refractivity contribution in [2.75, 3.05) is 4.72 Å². The first-order valence-electron chi connectivity index (χ1n) is 3.39. The van der Waals surface area contributed by atoms with E-state index < -0.39 is 15.5 Å². The van der Waals surface area contributed by atoms with Crippen LogP contribution in [-0.2, 0) is 10.0 Å². The number of halogens is 3. The molecule has 0 spiro atoms. The highest BCUT2D eigenvalue weighted by molar-refractivity contribution is 7.93. The standard InChI is InChI=1S/C7H5F3NO2S/c8-7(9,10)14(12,13)11-6-4-2-1-3-5-6/h1-4,11H. The SMILES string of the molecule is O=S(=O)(Nc1[c]cccc1)C(F)(F)F. The molecular weight excluding hydrogens is 219 g/mol. The molecule has 0 saturated heterocycles. The molecular formula is C7H5F3NO2S. The number of rotatable bonds is 2. The first kappa shape index (κ1) is 10.8. The van der Waals surface area contributed by atoms with Gasteiger partial charge < -0.3 is 0 Å². The van der Waals surface area contributed by atoms with Gasteiger partial charge in [0.2, 0.25) is 0 Å². The lowest BCUT2D eigenvalue weighted by molar-refractivity contribution is -0.0429. The fourth-order valence-electron chi connectivity index (χ4n) is 0.659. The van der Waals surface area contributed by atoms with Crippen LogP contribution in [0.4, 0.5) is 18.9 Å². The van der Waals surface area contributed by atoms with Crippen LogP contribution in [0.15, 0.2) is 24.3 Å². The molecule has 0 amide bonds. The Bertz CT molecular complexity index is 399. The maximum Gasteiger partial charge on any atom is 0.516 e. The molecule has 0 aliphatic rings. The summed E-state index contributed by atoms with van der Waals surface area (Å²) in [6.07, 6.45) is 0. The van der Waals surface area contributed by atoms with Gasteiger partial charge in [-0.25, -0.2) is 0 Å². The van der Waals surface area contributed by atoms with Crippen LogP contribution in [-0.4, -0.2) is 13.9 Å². The molecule has 3 nitrogen and oxygen atoms in total. The Morgan fingerprint density at radius 2 is 1.93 bits per heavy atom. The zero-order valence-corrected chi connectivity index (χ0v) is 7.48. The van der Waals surface area contributed by atoms with E-state index in [1.54, 1.807) is 0 Å². The average Bonchev–Trinajstić information content (AvgIpc) is 2.03. The predicted molar refractivity (Wildman–Crippen MR) is 43.9 cm³/mol. The summed E-state index contributed by atoms with van der Waals surface area (Å²) in [6, 6.07) is 7.68. The molecule has 0 aliphatic carbocycles. The molecule has 0 aromatic heterocycles. The third-order valence-electron chi connectivity index (χ3n) is 1.26. The Kier molecular flexibility index (Phi) is 2.70. The van der Waals surface area contributed by atoms with Crippen LogP contribution in [0.2, 0.25) is 0 Å². The van der Waals surface area contributed by atoms with E-state index >= 15 is 0 Å².